The van der Waals surface area contributed by atoms with Gasteiger partial charge in [0.1, 0.15) is 11.9 Å². The number of benzene rings is 3. The first-order valence-corrected chi connectivity index (χ1v) is 8.91. The molecular formula is C23H25O3. The molecule has 0 amide bonds. The van der Waals surface area contributed by atoms with Gasteiger partial charge in [0, 0.05) is 5.39 Å². The first-order valence-electron chi connectivity index (χ1n) is 8.91. The van der Waals surface area contributed by atoms with Crippen LogP contribution in [0.25, 0.3) is 10.8 Å². The van der Waals surface area contributed by atoms with Crippen LogP contribution < -0.4 is 14.2 Å². The molecule has 0 aliphatic heterocycles. The molecule has 3 aromatic carbocycles. The number of ether oxygens (including phenoxy) is 3. The Morgan fingerprint density at radius 2 is 1.62 bits per heavy atom. The summed E-state index contributed by atoms with van der Waals surface area (Å²) >= 11 is 0. The molecule has 0 aliphatic carbocycles. The molecule has 1 unspecified atom stereocenters. The molecule has 0 saturated carbocycles. The average molecular weight is 349 g/mol. The Bertz CT molecular complexity index is 852. The Kier molecular flexibility index (Phi) is 6.00. The molecule has 0 saturated heterocycles. The fraction of sp³-hybridized carbons (Fsp3) is 0.261. The van der Waals surface area contributed by atoms with Crippen LogP contribution in [0, 0.1) is 6.42 Å². The maximum Gasteiger partial charge on any atom is 0.161 e. The summed E-state index contributed by atoms with van der Waals surface area (Å²) in [6, 6.07) is 20.5. The lowest BCUT2D eigenvalue weighted by atomic mass is 10.0. The predicted octanol–water partition coefficient (Wildman–Crippen LogP) is 5.98. The van der Waals surface area contributed by atoms with E-state index in [1.54, 1.807) is 14.2 Å². The van der Waals surface area contributed by atoms with E-state index in [2.05, 4.69) is 31.5 Å². The summed E-state index contributed by atoms with van der Waals surface area (Å²) in [6.07, 6.45) is 3.98. The van der Waals surface area contributed by atoms with Crippen LogP contribution in [0.3, 0.4) is 0 Å². The fourth-order valence-electron chi connectivity index (χ4n) is 3.12. The van der Waals surface area contributed by atoms with Gasteiger partial charge in [0.15, 0.2) is 11.5 Å². The number of unbranched alkanes of at least 4 members (excludes halogenated alkanes) is 1. The van der Waals surface area contributed by atoms with Crippen molar-refractivity contribution in [3.63, 3.8) is 0 Å². The predicted molar refractivity (Wildman–Crippen MR) is 106 cm³/mol. The molecule has 26 heavy (non-hydrogen) atoms. The van der Waals surface area contributed by atoms with E-state index in [4.69, 9.17) is 14.2 Å². The molecule has 0 N–H and O–H groups in total. The fourth-order valence-corrected chi connectivity index (χ4v) is 3.12. The minimum absolute atomic E-state index is 0.0585. The second kappa shape index (κ2) is 8.61. The molecule has 0 fully saturated rings. The van der Waals surface area contributed by atoms with Gasteiger partial charge >= 0.3 is 0 Å². The highest BCUT2D eigenvalue weighted by Crippen LogP contribution is 2.35. The van der Waals surface area contributed by atoms with Gasteiger partial charge in [-0.2, -0.15) is 0 Å². The lowest BCUT2D eigenvalue weighted by Crippen LogP contribution is -2.08. The smallest absolute Gasteiger partial charge is 0.161 e. The van der Waals surface area contributed by atoms with E-state index in [-0.39, 0.29) is 6.10 Å². The second-order valence-corrected chi connectivity index (χ2v) is 6.18. The number of hydrogen-bond acceptors (Lipinski definition) is 3. The summed E-state index contributed by atoms with van der Waals surface area (Å²) in [5.41, 5.74) is 1.08. The number of hydrogen-bond donors (Lipinski definition) is 0. The van der Waals surface area contributed by atoms with E-state index in [0.29, 0.717) is 0 Å². The van der Waals surface area contributed by atoms with Gasteiger partial charge in [0.25, 0.3) is 0 Å². The zero-order chi connectivity index (χ0) is 18.4. The largest absolute Gasteiger partial charge is 0.493 e. The molecule has 3 nitrogen and oxygen atoms in total. The highest BCUT2D eigenvalue weighted by molar-refractivity contribution is 5.88. The molecule has 1 atom stereocenters. The van der Waals surface area contributed by atoms with Gasteiger partial charge < -0.3 is 14.2 Å². The zero-order valence-corrected chi connectivity index (χ0v) is 15.6. The minimum atomic E-state index is -0.0585. The molecule has 1 radical (unpaired) electrons. The monoisotopic (exact) mass is 349 g/mol. The van der Waals surface area contributed by atoms with Gasteiger partial charge in [-0.1, -0.05) is 49.4 Å². The molecule has 3 rings (SSSR count). The van der Waals surface area contributed by atoms with E-state index in [0.717, 1.165) is 41.0 Å². The highest BCUT2D eigenvalue weighted by atomic mass is 16.5. The van der Waals surface area contributed by atoms with Gasteiger partial charge in [-0.15, -0.1) is 0 Å². The molecule has 3 aromatic rings. The summed E-state index contributed by atoms with van der Waals surface area (Å²) in [5, 5.41) is 2.30. The van der Waals surface area contributed by atoms with Crippen molar-refractivity contribution in [3.8, 4) is 17.2 Å². The summed E-state index contributed by atoms with van der Waals surface area (Å²) in [4.78, 5) is 0. The van der Waals surface area contributed by atoms with Crippen LogP contribution in [0.15, 0.2) is 60.7 Å². The Labute approximate surface area is 155 Å². The van der Waals surface area contributed by atoms with Crippen molar-refractivity contribution in [2.75, 3.05) is 14.2 Å². The van der Waals surface area contributed by atoms with Crippen molar-refractivity contribution in [2.24, 2.45) is 0 Å². The summed E-state index contributed by atoms with van der Waals surface area (Å²) in [6.45, 7) is 2.07. The average Bonchev–Trinajstić information content (AvgIpc) is 2.70. The maximum absolute atomic E-state index is 6.47. The molecule has 0 aliphatic rings. The number of fused-ring (bicyclic) bond motifs is 1. The second-order valence-electron chi connectivity index (χ2n) is 6.18. The van der Waals surface area contributed by atoms with E-state index in [1.807, 2.05) is 42.5 Å². The molecule has 0 spiro atoms. The van der Waals surface area contributed by atoms with Crippen molar-refractivity contribution in [1.82, 2.24) is 0 Å². The SMILES string of the molecule is C[CH]CCC(Oc1cccc2ccccc12)c1ccc(OC)c(OC)c1. The summed E-state index contributed by atoms with van der Waals surface area (Å²) in [7, 11) is 3.30. The van der Waals surface area contributed by atoms with Crippen molar-refractivity contribution in [3.05, 3.63) is 72.6 Å². The van der Waals surface area contributed by atoms with Crippen molar-refractivity contribution in [2.45, 2.75) is 25.9 Å². The van der Waals surface area contributed by atoms with Gasteiger partial charge in [0.05, 0.1) is 14.2 Å². The number of methoxy groups -OCH3 is 2. The van der Waals surface area contributed by atoms with Gasteiger partial charge in [-0.05, 0) is 48.4 Å². The molecule has 0 heterocycles. The third-order valence-corrected chi connectivity index (χ3v) is 4.52. The zero-order valence-electron chi connectivity index (χ0n) is 15.6. The molecular weight excluding hydrogens is 324 g/mol. The first-order chi connectivity index (χ1) is 12.8. The van der Waals surface area contributed by atoms with E-state index in [9.17, 15) is 0 Å². The van der Waals surface area contributed by atoms with Crippen molar-refractivity contribution >= 4 is 10.8 Å². The van der Waals surface area contributed by atoms with E-state index >= 15 is 0 Å². The molecule has 3 heteroatoms. The first kappa shape index (κ1) is 18.1. The van der Waals surface area contributed by atoms with Crippen LogP contribution in [0.4, 0.5) is 0 Å². The van der Waals surface area contributed by atoms with Crippen LogP contribution in [0.2, 0.25) is 0 Å². The summed E-state index contributed by atoms with van der Waals surface area (Å²) < 4.78 is 17.3. The third-order valence-electron chi connectivity index (χ3n) is 4.52. The van der Waals surface area contributed by atoms with E-state index < -0.39 is 0 Å². The normalized spacial score (nSPS) is 12.0. The third kappa shape index (κ3) is 3.93. The van der Waals surface area contributed by atoms with E-state index in [1.165, 1.54) is 5.39 Å². The highest BCUT2D eigenvalue weighted by Gasteiger charge is 2.17. The maximum atomic E-state index is 6.47. The number of rotatable bonds is 8. The quantitative estimate of drug-likeness (QED) is 0.500. The summed E-state index contributed by atoms with van der Waals surface area (Å²) in [5.74, 6) is 2.35. The Morgan fingerprint density at radius 1 is 0.846 bits per heavy atom. The Balaban J connectivity index is 1.95. The van der Waals surface area contributed by atoms with Crippen LogP contribution in [0.1, 0.15) is 31.4 Å². The lowest BCUT2D eigenvalue weighted by Gasteiger charge is -2.22. The molecule has 135 valence electrons. The van der Waals surface area contributed by atoms with Gasteiger partial charge in [-0.25, -0.2) is 0 Å². The van der Waals surface area contributed by atoms with Crippen LogP contribution >= 0.6 is 0 Å². The molecule has 0 aromatic heterocycles. The lowest BCUT2D eigenvalue weighted by molar-refractivity contribution is 0.197. The van der Waals surface area contributed by atoms with Gasteiger partial charge in [-0.3, -0.25) is 0 Å². The Hall–Kier alpha value is -2.68. The minimum Gasteiger partial charge on any atom is -0.493 e. The Morgan fingerprint density at radius 3 is 2.38 bits per heavy atom. The topological polar surface area (TPSA) is 27.7 Å². The standard InChI is InChI=1S/C23H25O3/c1-4-5-12-20(18-14-15-22(24-2)23(16-18)25-3)26-21-13-8-10-17-9-6-7-11-19(17)21/h4,6-11,13-16,20H,5,12H2,1-3H3. The van der Waals surface area contributed by atoms with Crippen LogP contribution in [-0.4, -0.2) is 14.2 Å². The van der Waals surface area contributed by atoms with Gasteiger partial charge in [0.2, 0.25) is 0 Å². The van der Waals surface area contributed by atoms with Crippen LogP contribution in [0.5, 0.6) is 17.2 Å². The van der Waals surface area contributed by atoms with Crippen molar-refractivity contribution < 1.29 is 14.2 Å². The van der Waals surface area contributed by atoms with Crippen molar-refractivity contribution in [1.29, 1.82) is 0 Å². The molecule has 0 bridgehead atoms. The van der Waals surface area contributed by atoms with Crippen LogP contribution in [-0.2, 0) is 0 Å².